The highest BCUT2D eigenvalue weighted by molar-refractivity contribution is 9.10. The number of carbonyl (C=O) groups excluding carboxylic acids is 1. The Hall–Kier alpha value is -3.63. The van der Waals surface area contributed by atoms with Crippen LogP contribution in [0.4, 0.5) is 10.1 Å². The van der Waals surface area contributed by atoms with Crippen molar-refractivity contribution in [1.29, 1.82) is 5.26 Å². The Balaban J connectivity index is 1.78. The van der Waals surface area contributed by atoms with Crippen LogP contribution in [-0.4, -0.2) is 12.5 Å². The average molecular weight is 495 g/mol. The van der Waals surface area contributed by atoms with E-state index in [4.69, 9.17) is 9.47 Å². The summed E-state index contributed by atoms with van der Waals surface area (Å²) in [5.74, 6) is 0.0875. The Morgan fingerprint density at radius 1 is 1.09 bits per heavy atom. The summed E-state index contributed by atoms with van der Waals surface area (Å²) in [6, 6.07) is 20.3. The summed E-state index contributed by atoms with van der Waals surface area (Å²) in [5.41, 5.74) is 1.81. The number of nitriles is 1. The van der Waals surface area contributed by atoms with Crippen LogP contribution in [0.1, 0.15) is 18.1 Å². The number of ether oxygens (including phenoxy) is 2. The monoisotopic (exact) mass is 494 g/mol. The number of halogens is 2. The van der Waals surface area contributed by atoms with Crippen molar-refractivity contribution in [3.63, 3.8) is 0 Å². The number of hydrogen-bond donors (Lipinski definition) is 1. The zero-order valence-corrected chi connectivity index (χ0v) is 18.9. The summed E-state index contributed by atoms with van der Waals surface area (Å²) in [5, 5.41) is 12.2. The minimum atomic E-state index is -0.519. The van der Waals surface area contributed by atoms with Crippen molar-refractivity contribution in [2.24, 2.45) is 0 Å². The van der Waals surface area contributed by atoms with E-state index in [2.05, 4.69) is 21.2 Å². The van der Waals surface area contributed by atoms with E-state index < -0.39 is 5.91 Å². The molecule has 3 aromatic rings. The summed E-state index contributed by atoms with van der Waals surface area (Å²) in [4.78, 5) is 12.5. The van der Waals surface area contributed by atoms with Gasteiger partial charge in [-0.05, 0) is 66.6 Å². The zero-order chi connectivity index (χ0) is 22.9. The second kappa shape index (κ2) is 11.1. The minimum absolute atomic E-state index is 0.0548. The van der Waals surface area contributed by atoms with Gasteiger partial charge in [0.2, 0.25) is 0 Å². The molecule has 0 saturated heterocycles. The van der Waals surface area contributed by atoms with Gasteiger partial charge in [0.25, 0.3) is 5.91 Å². The van der Waals surface area contributed by atoms with Crippen LogP contribution >= 0.6 is 15.9 Å². The van der Waals surface area contributed by atoms with E-state index in [0.29, 0.717) is 34.9 Å². The molecule has 0 unspecified atom stereocenters. The quantitative estimate of drug-likeness (QED) is 0.302. The van der Waals surface area contributed by atoms with E-state index in [1.165, 1.54) is 18.2 Å². The Kier molecular flexibility index (Phi) is 8.01. The maximum absolute atomic E-state index is 13.4. The molecule has 0 aromatic heterocycles. The first-order chi connectivity index (χ1) is 15.5. The average Bonchev–Trinajstić information content (AvgIpc) is 2.77. The van der Waals surface area contributed by atoms with Gasteiger partial charge in [0, 0.05) is 10.2 Å². The number of hydrogen-bond acceptors (Lipinski definition) is 4. The van der Waals surface area contributed by atoms with Gasteiger partial charge in [0.1, 0.15) is 24.1 Å². The summed E-state index contributed by atoms with van der Waals surface area (Å²) in [6.07, 6.45) is 1.48. The molecular weight excluding hydrogens is 475 g/mol. The van der Waals surface area contributed by atoms with Crippen molar-refractivity contribution in [3.05, 3.63) is 93.7 Å². The lowest BCUT2D eigenvalue weighted by Crippen LogP contribution is -2.13. The fraction of sp³-hybridized carbons (Fsp3) is 0.120. The molecule has 7 heteroatoms. The van der Waals surface area contributed by atoms with Crippen LogP contribution in [0.2, 0.25) is 0 Å². The van der Waals surface area contributed by atoms with Gasteiger partial charge in [-0.3, -0.25) is 4.79 Å². The van der Waals surface area contributed by atoms with E-state index in [1.54, 1.807) is 48.5 Å². The highest BCUT2D eigenvalue weighted by atomic mass is 79.9. The van der Waals surface area contributed by atoms with E-state index in [9.17, 15) is 14.4 Å². The van der Waals surface area contributed by atoms with Crippen molar-refractivity contribution in [3.8, 4) is 17.6 Å². The first-order valence-electron chi connectivity index (χ1n) is 9.81. The zero-order valence-electron chi connectivity index (χ0n) is 17.3. The molecule has 5 nitrogen and oxygen atoms in total. The summed E-state index contributed by atoms with van der Waals surface area (Å²) in [6.45, 7) is 2.41. The molecule has 0 atom stereocenters. The van der Waals surface area contributed by atoms with Crippen molar-refractivity contribution in [1.82, 2.24) is 0 Å². The fourth-order valence-corrected chi connectivity index (χ4v) is 3.27. The molecule has 3 aromatic carbocycles. The lowest BCUT2D eigenvalue weighted by molar-refractivity contribution is -0.112. The second-order valence-electron chi connectivity index (χ2n) is 6.69. The van der Waals surface area contributed by atoms with E-state index >= 15 is 0 Å². The van der Waals surface area contributed by atoms with Gasteiger partial charge in [-0.1, -0.05) is 40.2 Å². The van der Waals surface area contributed by atoms with Crippen LogP contribution in [0.15, 0.2) is 76.8 Å². The normalized spacial score (nSPS) is 10.9. The molecular formula is C25H20BrFN2O3. The van der Waals surface area contributed by atoms with Crippen LogP contribution in [0.25, 0.3) is 6.08 Å². The number of carbonyl (C=O) groups is 1. The summed E-state index contributed by atoms with van der Waals surface area (Å²) >= 11 is 3.35. The van der Waals surface area contributed by atoms with Gasteiger partial charge in [0.05, 0.1) is 6.61 Å². The molecule has 0 heterocycles. The van der Waals surface area contributed by atoms with Crippen LogP contribution in [0.3, 0.4) is 0 Å². The van der Waals surface area contributed by atoms with Crippen molar-refractivity contribution >= 4 is 33.6 Å². The van der Waals surface area contributed by atoms with Gasteiger partial charge in [-0.2, -0.15) is 5.26 Å². The smallest absolute Gasteiger partial charge is 0.266 e. The predicted molar refractivity (Wildman–Crippen MR) is 125 cm³/mol. The highest BCUT2D eigenvalue weighted by Gasteiger charge is 2.12. The molecule has 0 spiro atoms. The Morgan fingerprint density at radius 2 is 1.91 bits per heavy atom. The van der Waals surface area contributed by atoms with Crippen molar-refractivity contribution in [2.75, 3.05) is 11.9 Å². The number of rotatable bonds is 8. The molecule has 3 rings (SSSR count). The van der Waals surface area contributed by atoms with E-state index in [-0.39, 0.29) is 18.0 Å². The lowest BCUT2D eigenvalue weighted by Gasteiger charge is -2.13. The third kappa shape index (κ3) is 6.43. The molecule has 0 radical (unpaired) electrons. The van der Waals surface area contributed by atoms with E-state index in [1.807, 2.05) is 19.1 Å². The van der Waals surface area contributed by atoms with Crippen LogP contribution in [0.5, 0.6) is 11.5 Å². The molecule has 0 saturated carbocycles. The molecule has 0 aliphatic carbocycles. The minimum Gasteiger partial charge on any atom is -0.490 e. The number of amides is 1. The van der Waals surface area contributed by atoms with Crippen LogP contribution < -0.4 is 14.8 Å². The molecule has 0 aliphatic rings. The number of nitrogens with zero attached hydrogens (tertiary/aromatic N) is 1. The molecule has 162 valence electrons. The Morgan fingerprint density at radius 3 is 2.62 bits per heavy atom. The molecule has 0 fully saturated rings. The predicted octanol–water partition coefficient (Wildman–Crippen LogP) is 6.11. The van der Waals surface area contributed by atoms with Gasteiger partial charge in [-0.15, -0.1) is 0 Å². The molecule has 32 heavy (non-hydrogen) atoms. The lowest BCUT2D eigenvalue weighted by atomic mass is 10.1. The molecule has 0 bridgehead atoms. The molecule has 1 N–H and O–H groups in total. The van der Waals surface area contributed by atoms with Crippen molar-refractivity contribution in [2.45, 2.75) is 13.5 Å². The number of nitrogens with one attached hydrogen (secondary N) is 1. The molecule has 0 aliphatic heterocycles. The number of anilines is 1. The van der Waals surface area contributed by atoms with Crippen LogP contribution in [-0.2, 0) is 11.4 Å². The van der Waals surface area contributed by atoms with Gasteiger partial charge >= 0.3 is 0 Å². The second-order valence-corrected chi connectivity index (χ2v) is 7.61. The maximum atomic E-state index is 13.4. The third-order valence-corrected chi connectivity index (χ3v) is 4.80. The van der Waals surface area contributed by atoms with E-state index in [0.717, 1.165) is 4.47 Å². The summed E-state index contributed by atoms with van der Waals surface area (Å²) in [7, 11) is 0. The number of benzene rings is 3. The standard InChI is InChI=1S/C25H20BrFN2O3/c1-2-31-24-13-17(9-10-23(24)32-16-18-5-3-7-21(27)12-18)11-19(15-28)25(30)29-22-8-4-6-20(26)14-22/h3-14H,2,16H2,1H3,(H,29,30)/b19-11-. The van der Waals surface area contributed by atoms with Gasteiger partial charge in [-0.25, -0.2) is 4.39 Å². The van der Waals surface area contributed by atoms with Gasteiger partial charge in [0.15, 0.2) is 11.5 Å². The maximum Gasteiger partial charge on any atom is 0.266 e. The fourth-order valence-electron chi connectivity index (χ4n) is 2.87. The van der Waals surface area contributed by atoms with Gasteiger partial charge < -0.3 is 14.8 Å². The van der Waals surface area contributed by atoms with Crippen molar-refractivity contribution < 1.29 is 18.7 Å². The highest BCUT2D eigenvalue weighted by Crippen LogP contribution is 2.30. The van der Waals surface area contributed by atoms with Crippen LogP contribution in [0, 0.1) is 17.1 Å². The molecule has 1 amide bonds. The Bertz CT molecular complexity index is 1190. The summed E-state index contributed by atoms with van der Waals surface area (Å²) < 4.78 is 25.6. The third-order valence-electron chi connectivity index (χ3n) is 4.31. The first-order valence-corrected chi connectivity index (χ1v) is 10.6. The Labute approximate surface area is 194 Å². The largest absolute Gasteiger partial charge is 0.490 e. The first kappa shape index (κ1) is 23.0. The SMILES string of the molecule is CCOc1cc(/C=C(/C#N)C(=O)Nc2cccc(Br)c2)ccc1OCc1cccc(F)c1. The topological polar surface area (TPSA) is 71.3 Å².